The van der Waals surface area contributed by atoms with Crippen molar-refractivity contribution in [1.29, 1.82) is 0 Å². The predicted molar refractivity (Wildman–Crippen MR) is 73.2 cm³/mol. The van der Waals surface area contributed by atoms with Gasteiger partial charge in [-0.25, -0.2) is 14.4 Å². The van der Waals surface area contributed by atoms with E-state index in [1.165, 1.54) is 6.33 Å². The summed E-state index contributed by atoms with van der Waals surface area (Å²) in [5.41, 5.74) is 7.25. The SMILES string of the molecule is CCc1cn([C@@H]2O[C@H](CO)[C@@H](F)[C@H]2O)c2ncnc(N)c12. The van der Waals surface area contributed by atoms with Gasteiger partial charge in [-0.05, 0) is 12.0 Å². The third-order valence-electron chi connectivity index (χ3n) is 3.84. The number of aromatic nitrogens is 3. The van der Waals surface area contributed by atoms with Crippen LogP contribution in [0.25, 0.3) is 11.0 Å². The fourth-order valence-corrected chi connectivity index (χ4v) is 2.73. The van der Waals surface area contributed by atoms with Crippen LogP contribution in [0.4, 0.5) is 10.2 Å². The number of aliphatic hydroxyl groups is 2. The maximum absolute atomic E-state index is 13.9. The molecule has 4 atom stereocenters. The van der Waals surface area contributed by atoms with Gasteiger partial charge in [-0.3, -0.25) is 0 Å². The van der Waals surface area contributed by atoms with Crippen LogP contribution in [0.1, 0.15) is 18.7 Å². The summed E-state index contributed by atoms with van der Waals surface area (Å²) in [4.78, 5) is 8.12. The second-order valence-electron chi connectivity index (χ2n) is 5.06. The molecule has 2 aromatic rings. The molecule has 0 spiro atoms. The number of anilines is 1. The van der Waals surface area contributed by atoms with Gasteiger partial charge in [-0.15, -0.1) is 0 Å². The number of fused-ring (bicyclic) bond motifs is 1. The van der Waals surface area contributed by atoms with Crippen LogP contribution in [-0.4, -0.2) is 49.7 Å². The van der Waals surface area contributed by atoms with Crippen molar-refractivity contribution in [3.8, 4) is 0 Å². The van der Waals surface area contributed by atoms with E-state index in [2.05, 4.69) is 9.97 Å². The van der Waals surface area contributed by atoms with Gasteiger partial charge in [-0.1, -0.05) is 6.92 Å². The van der Waals surface area contributed by atoms with Gasteiger partial charge in [0.05, 0.1) is 12.0 Å². The number of halogens is 1. The first-order valence-corrected chi connectivity index (χ1v) is 6.76. The van der Waals surface area contributed by atoms with Gasteiger partial charge in [-0.2, -0.15) is 0 Å². The summed E-state index contributed by atoms with van der Waals surface area (Å²) >= 11 is 0. The Hall–Kier alpha value is -1.77. The highest BCUT2D eigenvalue weighted by Gasteiger charge is 2.45. The molecule has 0 aromatic carbocycles. The number of hydrogen-bond donors (Lipinski definition) is 3. The molecule has 3 heterocycles. The molecule has 0 unspecified atom stereocenters. The lowest BCUT2D eigenvalue weighted by Gasteiger charge is -2.16. The van der Waals surface area contributed by atoms with Crippen molar-refractivity contribution in [2.24, 2.45) is 0 Å². The summed E-state index contributed by atoms with van der Waals surface area (Å²) in [6.07, 6.45) is -1.30. The average Bonchev–Trinajstić information content (AvgIpc) is 2.99. The van der Waals surface area contributed by atoms with Crippen LogP contribution in [0.2, 0.25) is 0 Å². The number of aliphatic hydroxyl groups excluding tert-OH is 2. The second-order valence-corrected chi connectivity index (χ2v) is 5.06. The molecule has 1 aliphatic rings. The number of aryl methyl sites for hydroxylation is 1. The fraction of sp³-hybridized carbons (Fsp3) is 0.538. The molecule has 0 amide bonds. The Morgan fingerprint density at radius 3 is 2.86 bits per heavy atom. The molecule has 0 aliphatic carbocycles. The van der Waals surface area contributed by atoms with Crippen molar-refractivity contribution in [1.82, 2.24) is 14.5 Å². The Balaban J connectivity index is 2.11. The van der Waals surface area contributed by atoms with Crippen molar-refractivity contribution >= 4 is 16.9 Å². The highest BCUT2D eigenvalue weighted by atomic mass is 19.1. The minimum Gasteiger partial charge on any atom is -0.394 e. The molecule has 0 saturated carbocycles. The van der Waals surface area contributed by atoms with Crippen LogP contribution < -0.4 is 5.73 Å². The summed E-state index contributed by atoms with van der Waals surface area (Å²) in [6, 6.07) is 0. The van der Waals surface area contributed by atoms with Crippen molar-refractivity contribution in [2.45, 2.75) is 38.0 Å². The largest absolute Gasteiger partial charge is 0.394 e. The molecule has 21 heavy (non-hydrogen) atoms. The standard InChI is InChI=1S/C13H17FN4O3/c1-2-6-3-18(12-8(6)11(15)16-5-17-12)13-10(20)9(14)7(4-19)21-13/h3,5,7,9-10,13,19-20H,2,4H2,1H3,(H2,15,16,17)/t7-,9-,10-,13-/m1/s1. The molecule has 4 N–H and O–H groups in total. The molecule has 2 aromatic heterocycles. The molecule has 1 fully saturated rings. The zero-order chi connectivity index (χ0) is 15.1. The van der Waals surface area contributed by atoms with Crippen LogP contribution in [0.3, 0.4) is 0 Å². The summed E-state index contributed by atoms with van der Waals surface area (Å²) in [6.45, 7) is 1.46. The number of alkyl halides is 1. The molecular formula is C13H17FN4O3. The first-order chi connectivity index (χ1) is 10.1. The minimum atomic E-state index is -1.65. The van der Waals surface area contributed by atoms with E-state index in [0.717, 1.165) is 5.56 Å². The van der Waals surface area contributed by atoms with E-state index in [1.54, 1.807) is 10.8 Å². The molecule has 7 nitrogen and oxygen atoms in total. The third kappa shape index (κ3) is 2.06. The first-order valence-electron chi connectivity index (χ1n) is 6.76. The number of hydrogen-bond acceptors (Lipinski definition) is 6. The van der Waals surface area contributed by atoms with Gasteiger partial charge < -0.3 is 25.3 Å². The second kappa shape index (κ2) is 5.21. The molecule has 8 heteroatoms. The Morgan fingerprint density at radius 1 is 1.48 bits per heavy atom. The van der Waals surface area contributed by atoms with Gasteiger partial charge in [0.2, 0.25) is 0 Å². The van der Waals surface area contributed by atoms with E-state index >= 15 is 0 Å². The summed E-state index contributed by atoms with van der Waals surface area (Å²) in [5, 5.41) is 19.8. The lowest BCUT2D eigenvalue weighted by atomic mass is 10.1. The van der Waals surface area contributed by atoms with Gasteiger partial charge in [0, 0.05) is 6.20 Å². The number of ether oxygens (including phenoxy) is 1. The van der Waals surface area contributed by atoms with Crippen LogP contribution in [0, 0.1) is 0 Å². The number of nitrogens with two attached hydrogens (primary N) is 1. The Kier molecular flexibility index (Phi) is 3.52. The molecule has 0 radical (unpaired) electrons. The smallest absolute Gasteiger partial charge is 0.164 e. The Bertz CT molecular complexity index is 662. The molecular weight excluding hydrogens is 279 g/mol. The maximum Gasteiger partial charge on any atom is 0.164 e. The molecule has 1 saturated heterocycles. The summed E-state index contributed by atoms with van der Waals surface area (Å²) < 4.78 is 20.8. The molecule has 0 bridgehead atoms. The maximum atomic E-state index is 13.9. The van der Waals surface area contributed by atoms with E-state index in [1.807, 2.05) is 6.92 Å². The molecule has 1 aliphatic heterocycles. The van der Waals surface area contributed by atoms with Gasteiger partial charge in [0.25, 0.3) is 0 Å². The van der Waals surface area contributed by atoms with E-state index < -0.39 is 31.2 Å². The van der Waals surface area contributed by atoms with Crippen molar-refractivity contribution in [2.75, 3.05) is 12.3 Å². The number of nitrogens with zero attached hydrogens (tertiary/aromatic N) is 3. The Labute approximate surface area is 120 Å². The molecule has 3 rings (SSSR count). The highest BCUT2D eigenvalue weighted by molar-refractivity contribution is 5.89. The van der Waals surface area contributed by atoms with Gasteiger partial charge in [0.15, 0.2) is 12.4 Å². The minimum absolute atomic E-state index is 0.332. The van der Waals surface area contributed by atoms with Crippen LogP contribution in [0.5, 0.6) is 0 Å². The third-order valence-corrected chi connectivity index (χ3v) is 3.84. The van der Waals surface area contributed by atoms with Gasteiger partial charge >= 0.3 is 0 Å². The highest BCUT2D eigenvalue weighted by Crippen LogP contribution is 2.35. The van der Waals surface area contributed by atoms with Crippen molar-refractivity contribution in [3.63, 3.8) is 0 Å². The van der Waals surface area contributed by atoms with Crippen molar-refractivity contribution in [3.05, 3.63) is 18.1 Å². The first kappa shape index (κ1) is 14.2. The summed E-state index contributed by atoms with van der Waals surface area (Å²) in [5.74, 6) is 0.332. The number of rotatable bonds is 3. The topological polar surface area (TPSA) is 106 Å². The zero-order valence-electron chi connectivity index (χ0n) is 11.5. The fourth-order valence-electron chi connectivity index (χ4n) is 2.73. The van der Waals surface area contributed by atoms with E-state index in [9.17, 15) is 9.50 Å². The zero-order valence-corrected chi connectivity index (χ0v) is 11.5. The predicted octanol–water partition coefficient (Wildman–Crippen LogP) is 0.165. The van der Waals surface area contributed by atoms with E-state index in [4.69, 9.17) is 15.6 Å². The summed E-state index contributed by atoms with van der Waals surface area (Å²) in [7, 11) is 0. The lowest BCUT2D eigenvalue weighted by molar-refractivity contribution is -0.0493. The molecule has 114 valence electrons. The average molecular weight is 296 g/mol. The number of nitrogen functional groups attached to an aromatic ring is 1. The van der Waals surface area contributed by atoms with Crippen LogP contribution in [0.15, 0.2) is 12.5 Å². The van der Waals surface area contributed by atoms with Gasteiger partial charge in [0.1, 0.15) is 30.0 Å². The van der Waals surface area contributed by atoms with E-state index in [0.29, 0.717) is 23.3 Å². The van der Waals surface area contributed by atoms with Crippen LogP contribution in [-0.2, 0) is 11.2 Å². The van der Waals surface area contributed by atoms with E-state index in [-0.39, 0.29) is 0 Å². The van der Waals surface area contributed by atoms with Crippen molar-refractivity contribution < 1.29 is 19.3 Å². The lowest BCUT2D eigenvalue weighted by Crippen LogP contribution is -2.29. The normalized spacial score (nSPS) is 29.3. The van der Waals surface area contributed by atoms with Crippen LogP contribution >= 0.6 is 0 Å². The Morgan fingerprint density at radius 2 is 2.24 bits per heavy atom. The monoisotopic (exact) mass is 296 g/mol. The quantitative estimate of drug-likeness (QED) is 0.745.